The van der Waals surface area contributed by atoms with Crippen LogP contribution in [0.3, 0.4) is 0 Å². The molecule has 1 heterocycles. The number of carbonyl (C=O) groups excluding carboxylic acids is 2. The van der Waals surface area contributed by atoms with Crippen molar-refractivity contribution < 1.29 is 19.1 Å². The molecule has 0 unspecified atom stereocenters. The number of nitrogens with zero attached hydrogens (tertiary/aromatic N) is 3. The highest BCUT2D eigenvalue weighted by molar-refractivity contribution is 14.1. The molecular weight excluding hydrogens is 553 g/mol. The van der Waals surface area contributed by atoms with E-state index < -0.39 is 11.8 Å². The highest BCUT2D eigenvalue weighted by Crippen LogP contribution is 2.35. The number of ether oxygens (including phenoxy) is 2. The maximum Gasteiger partial charge on any atom is 0.265 e. The Labute approximate surface area is 211 Å². The quantitative estimate of drug-likeness (QED) is 0.214. The predicted molar refractivity (Wildman–Crippen MR) is 137 cm³/mol. The third kappa shape index (κ3) is 5.02. The lowest BCUT2D eigenvalue weighted by atomic mass is 10.1. The second-order valence-corrected chi connectivity index (χ2v) is 8.56. The molecule has 0 aromatic heterocycles. The Morgan fingerprint density at radius 1 is 1.12 bits per heavy atom. The van der Waals surface area contributed by atoms with E-state index in [1.54, 1.807) is 24.3 Å². The Kier molecular flexibility index (Phi) is 8.05. The zero-order valence-corrected chi connectivity index (χ0v) is 21.4. The topological polar surface area (TPSA) is 82.9 Å². The van der Waals surface area contributed by atoms with Crippen LogP contribution in [0.15, 0.2) is 42.0 Å². The van der Waals surface area contributed by atoms with E-state index in [2.05, 4.69) is 28.7 Å². The Bertz CT molecular complexity index is 1160. The Hall–Kier alpha value is -2.97. The monoisotopic (exact) mass is 575 g/mol. The molecule has 0 radical (unpaired) electrons. The van der Waals surface area contributed by atoms with Crippen molar-refractivity contribution in [2.75, 3.05) is 20.2 Å². The molecule has 0 spiro atoms. The first-order valence-electron chi connectivity index (χ1n) is 10.2. The van der Waals surface area contributed by atoms with Gasteiger partial charge < -0.3 is 9.47 Å². The van der Waals surface area contributed by atoms with Gasteiger partial charge in [-0.25, -0.2) is 0 Å². The molecule has 7 nitrogen and oxygen atoms in total. The summed E-state index contributed by atoms with van der Waals surface area (Å²) in [5, 5.41) is 9.51. The van der Waals surface area contributed by atoms with Crippen molar-refractivity contribution in [2.45, 2.75) is 20.5 Å². The van der Waals surface area contributed by atoms with Crippen molar-refractivity contribution in [1.29, 1.82) is 5.26 Å². The fourth-order valence-corrected chi connectivity index (χ4v) is 4.62. The summed E-state index contributed by atoms with van der Waals surface area (Å²) in [6.45, 7) is 4.57. The van der Waals surface area contributed by atoms with Crippen LogP contribution in [0.5, 0.6) is 11.5 Å². The van der Waals surface area contributed by atoms with E-state index in [-0.39, 0.29) is 17.3 Å². The van der Waals surface area contributed by atoms with Gasteiger partial charge in [-0.1, -0.05) is 18.2 Å². The minimum Gasteiger partial charge on any atom is -0.493 e. The van der Waals surface area contributed by atoms with E-state index in [9.17, 15) is 14.9 Å². The van der Waals surface area contributed by atoms with E-state index in [0.717, 1.165) is 9.13 Å². The number of hydrogen-bond donors (Lipinski definition) is 0. The van der Waals surface area contributed by atoms with Crippen molar-refractivity contribution in [3.63, 3.8) is 0 Å². The molecule has 9 heteroatoms. The van der Waals surface area contributed by atoms with Crippen LogP contribution in [0.1, 0.15) is 30.5 Å². The molecule has 0 atom stereocenters. The zero-order valence-electron chi connectivity index (χ0n) is 18.4. The predicted octanol–water partition coefficient (Wildman–Crippen LogP) is 4.13. The minimum absolute atomic E-state index is 0.0433. The minimum atomic E-state index is -0.417. The lowest BCUT2D eigenvalue weighted by molar-refractivity contribution is -0.133. The molecule has 33 heavy (non-hydrogen) atoms. The average molecular weight is 575 g/mol. The maximum atomic E-state index is 12.9. The maximum absolute atomic E-state index is 12.9. The molecule has 2 aromatic carbocycles. The van der Waals surface area contributed by atoms with Crippen molar-refractivity contribution in [1.82, 2.24) is 9.80 Å². The van der Waals surface area contributed by atoms with Crippen LogP contribution in [0.25, 0.3) is 6.08 Å². The van der Waals surface area contributed by atoms with Gasteiger partial charge in [0.1, 0.15) is 12.2 Å². The summed E-state index contributed by atoms with van der Waals surface area (Å²) < 4.78 is 12.2. The molecule has 0 aliphatic carbocycles. The van der Waals surface area contributed by atoms with Crippen LogP contribution in [-0.4, -0.2) is 46.9 Å². The number of likely N-dealkylation sites (N-methyl/N-ethyl adjacent to an activating group) is 2. The Morgan fingerprint density at radius 3 is 2.33 bits per heavy atom. The standard InChI is InChI=1S/C24H22IN3O4S/c1-4-27-22(29)18(23(30)28(5-2)24(27)33)10-15-11-19(25)21(20(12-15)31-3)32-14-17-9-7-6-8-16(17)13-26/h6-12H,4-5,14H2,1-3H3. The van der Waals surface area contributed by atoms with Crippen LogP contribution >= 0.6 is 34.8 Å². The average Bonchev–Trinajstić information content (AvgIpc) is 2.81. The van der Waals surface area contributed by atoms with Gasteiger partial charge in [0.15, 0.2) is 16.6 Å². The molecule has 0 saturated carbocycles. The second kappa shape index (κ2) is 10.8. The fourth-order valence-electron chi connectivity index (χ4n) is 3.42. The van der Waals surface area contributed by atoms with Gasteiger partial charge in [-0.2, -0.15) is 5.26 Å². The van der Waals surface area contributed by atoms with E-state index in [1.807, 2.05) is 32.0 Å². The number of thiocarbonyl (C=S) groups is 1. The first-order valence-corrected chi connectivity index (χ1v) is 11.7. The summed E-state index contributed by atoms with van der Waals surface area (Å²) in [7, 11) is 1.52. The van der Waals surface area contributed by atoms with Crippen molar-refractivity contribution in [3.05, 3.63) is 62.2 Å². The van der Waals surface area contributed by atoms with Crippen LogP contribution in [0.2, 0.25) is 0 Å². The number of benzene rings is 2. The van der Waals surface area contributed by atoms with Crippen molar-refractivity contribution >= 4 is 57.8 Å². The molecule has 1 fully saturated rings. The Balaban J connectivity index is 1.95. The SMILES string of the molecule is CCN1C(=O)C(=Cc2cc(I)c(OCc3ccccc3C#N)c(OC)c2)C(=O)N(CC)C1=S. The lowest BCUT2D eigenvalue weighted by Crippen LogP contribution is -2.55. The number of amides is 2. The summed E-state index contributed by atoms with van der Waals surface area (Å²) in [6, 6.07) is 12.9. The van der Waals surface area contributed by atoms with Gasteiger partial charge in [0, 0.05) is 18.7 Å². The van der Waals surface area contributed by atoms with Crippen molar-refractivity contribution in [3.8, 4) is 17.6 Å². The van der Waals surface area contributed by atoms with Crippen molar-refractivity contribution in [2.24, 2.45) is 0 Å². The first-order chi connectivity index (χ1) is 15.9. The second-order valence-electron chi connectivity index (χ2n) is 7.03. The first kappa shape index (κ1) is 24.7. The van der Waals surface area contributed by atoms with Crippen LogP contribution in [0, 0.1) is 14.9 Å². The van der Waals surface area contributed by atoms with Gasteiger partial charge in [0.2, 0.25) is 0 Å². The van der Waals surface area contributed by atoms with Crippen LogP contribution < -0.4 is 9.47 Å². The molecular formula is C24H22IN3O4S. The molecule has 2 amide bonds. The summed E-state index contributed by atoms with van der Waals surface area (Å²) >= 11 is 7.42. The Morgan fingerprint density at radius 2 is 1.76 bits per heavy atom. The van der Waals surface area contributed by atoms with Gasteiger partial charge in [0.25, 0.3) is 11.8 Å². The summed E-state index contributed by atoms with van der Waals surface area (Å²) in [5.41, 5.74) is 1.97. The highest BCUT2D eigenvalue weighted by atomic mass is 127. The fraction of sp³-hybridized carbons (Fsp3) is 0.250. The lowest BCUT2D eigenvalue weighted by Gasteiger charge is -2.35. The molecule has 2 aromatic rings. The number of methoxy groups -OCH3 is 1. The van der Waals surface area contributed by atoms with E-state index in [4.69, 9.17) is 21.7 Å². The van der Waals surface area contributed by atoms with E-state index in [1.165, 1.54) is 16.9 Å². The van der Waals surface area contributed by atoms with Gasteiger partial charge in [0.05, 0.1) is 22.3 Å². The molecule has 3 rings (SSSR count). The number of carbonyl (C=O) groups is 2. The third-order valence-electron chi connectivity index (χ3n) is 5.12. The molecule has 1 saturated heterocycles. The van der Waals surface area contributed by atoms with Gasteiger partial charge >= 0.3 is 0 Å². The molecule has 170 valence electrons. The van der Waals surface area contributed by atoms with E-state index in [0.29, 0.717) is 35.7 Å². The largest absolute Gasteiger partial charge is 0.493 e. The number of rotatable bonds is 7. The van der Waals surface area contributed by atoms with Gasteiger partial charge in [-0.15, -0.1) is 0 Å². The highest BCUT2D eigenvalue weighted by Gasteiger charge is 2.37. The molecule has 1 aliphatic rings. The smallest absolute Gasteiger partial charge is 0.265 e. The molecule has 1 aliphatic heterocycles. The van der Waals surface area contributed by atoms with Crippen LogP contribution in [-0.2, 0) is 16.2 Å². The number of halogens is 1. The summed E-state index contributed by atoms with van der Waals surface area (Å²) in [6.07, 6.45) is 1.55. The molecule has 0 N–H and O–H groups in total. The van der Waals surface area contributed by atoms with E-state index >= 15 is 0 Å². The number of hydrogen-bond acceptors (Lipinski definition) is 6. The van der Waals surface area contributed by atoms with Crippen LogP contribution in [0.4, 0.5) is 0 Å². The van der Waals surface area contributed by atoms with Gasteiger partial charge in [-0.05, 0) is 78.5 Å². The summed E-state index contributed by atoms with van der Waals surface area (Å²) in [4.78, 5) is 28.6. The summed E-state index contributed by atoms with van der Waals surface area (Å²) in [5.74, 6) is 0.133. The molecule has 0 bridgehead atoms. The number of nitriles is 1. The third-order valence-corrected chi connectivity index (χ3v) is 6.36. The normalized spacial score (nSPS) is 13.8. The zero-order chi connectivity index (χ0) is 24.1. The van der Waals surface area contributed by atoms with Gasteiger partial charge in [-0.3, -0.25) is 19.4 Å².